The molecule has 150 valence electrons. The zero-order valence-electron chi connectivity index (χ0n) is 16.4. The molecule has 6 heteroatoms. The van der Waals surface area contributed by atoms with E-state index < -0.39 is 17.3 Å². The molecule has 1 N–H and O–H groups in total. The van der Waals surface area contributed by atoms with Gasteiger partial charge >= 0.3 is 0 Å². The van der Waals surface area contributed by atoms with E-state index in [9.17, 15) is 14.0 Å². The maximum Gasteiger partial charge on any atom is 0.265 e. The van der Waals surface area contributed by atoms with Crippen LogP contribution in [0.15, 0.2) is 77.7 Å². The molecule has 5 nitrogen and oxygen atoms in total. The summed E-state index contributed by atoms with van der Waals surface area (Å²) in [7, 11) is 0. The summed E-state index contributed by atoms with van der Waals surface area (Å²) >= 11 is 0. The maximum atomic E-state index is 14.2. The minimum absolute atomic E-state index is 0.000971. The number of carbonyl (C=O) groups excluding carboxylic acids is 1. The van der Waals surface area contributed by atoms with Crippen molar-refractivity contribution in [1.29, 1.82) is 0 Å². The lowest BCUT2D eigenvalue weighted by molar-refractivity contribution is 0.0949. The van der Waals surface area contributed by atoms with Gasteiger partial charge in [0.15, 0.2) is 0 Å². The van der Waals surface area contributed by atoms with Crippen molar-refractivity contribution >= 4 is 16.9 Å². The van der Waals surface area contributed by atoms with E-state index in [0.29, 0.717) is 23.1 Å². The van der Waals surface area contributed by atoms with Crippen molar-refractivity contribution in [3.63, 3.8) is 0 Å². The van der Waals surface area contributed by atoms with Gasteiger partial charge < -0.3 is 5.32 Å². The number of nitrogens with zero attached hydrogens (tertiary/aromatic N) is 2. The standard InChI is InChI=1S/C24H20FN3O2/c1-16-8-10-17(11-9-16)14-27-23(29)20-13-18-6-4-12-26-22(18)28(24(20)30)15-19-5-2-3-7-21(19)25/h2-13H,14-15H2,1H3,(H,27,29). The van der Waals surface area contributed by atoms with Gasteiger partial charge in [-0.1, -0.05) is 48.0 Å². The zero-order valence-corrected chi connectivity index (χ0v) is 16.4. The molecule has 30 heavy (non-hydrogen) atoms. The number of aromatic nitrogens is 2. The average Bonchev–Trinajstić information content (AvgIpc) is 2.76. The number of pyridine rings is 2. The van der Waals surface area contributed by atoms with Gasteiger partial charge in [0.25, 0.3) is 11.5 Å². The summed E-state index contributed by atoms with van der Waals surface area (Å²) in [5.41, 5.74) is 2.31. The summed E-state index contributed by atoms with van der Waals surface area (Å²) in [6.07, 6.45) is 1.57. The van der Waals surface area contributed by atoms with E-state index in [4.69, 9.17) is 0 Å². The first-order valence-electron chi connectivity index (χ1n) is 9.58. The summed E-state index contributed by atoms with van der Waals surface area (Å²) in [5.74, 6) is -0.892. The smallest absolute Gasteiger partial charge is 0.265 e. The van der Waals surface area contributed by atoms with Gasteiger partial charge in [-0.25, -0.2) is 9.37 Å². The van der Waals surface area contributed by atoms with Crippen molar-refractivity contribution in [2.24, 2.45) is 0 Å². The molecule has 0 spiro atoms. The molecule has 0 aliphatic carbocycles. The molecular formula is C24H20FN3O2. The first kappa shape index (κ1) is 19.5. The van der Waals surface area contributed by atoms with E-state index in [0.717, 1.165) is 11.1 Å². The molecule has 2 aromatic heterocycles. The Morgan fingerprint density at radius 1 is 1.07 bits per heavy atom. The minimum atomic E-state index is -0.508. The quantitative estimate of drug-likeness (QED) is 0.553. The van der Waals surface area contributed by atoms with Gasteiger partial charge in [-0.05, 0) is 36.8 Å². The number of aryl methyl sites for hydroxylation is 1. The Bertz CT molecular complexity index is 1280. The predicted octanol–water partition coefficient (Wildman–Crippen LogP) is 3.82. The fourth-order valence-corrected chi connectivity index (χ4v) is 3.30. The van der Waals surface area contributed by atoms with Crippen molar-refractivity contribution in [2.75, 3.05) is 0 Å². The molecule has 0 saturated heterocycles. The van der Waals surface area contributed by atoms with Crippen LogP contribution >= 0.6 is 0 Å². The largest absolute Gasteiger partial charge is 0.348 e. The highest BCUT2D eigenvalue weighted by Gasteiger charge is 2.17. The van der Waals surface area contributed by atoms with Crippen LogP contribution in [0.5, 0.6) is 0 Å². The first-order chi connectivity index (χ1) is 14.5. The van der Waals surface area contributed by atoms with Gasteiger partial charge in [0.1, 0.15) is 17.0 Å². The number of benzene rings is 2. The Morgan fingerprint density at radius 2 is 1.83 bits per heavy atom. The molecule has 2 aromatic carbocycles. The SMILES string of the molecule is Cc1ccc(CNC(=O)c2cc3cccnc3n(Cc3ccccc3F)c2=O)cc1. The molecule has 0 aliphatic rings. The summed E-state index contributed by atoms with van der Waals surface area (Å²) in [4.78, 5) is 30.2. The van der Waals surface area contributed by atoms with E-state index in [2.05, 4.69) is 10.3 Å². The summed E-state index contributed by atoms with van der Waals surface area (Å²) in [6.45, 7) is 2.28. The number of rotatable bonds is 5. The third-order valence-corrected chi connectivity index (χ3v) is 4.95. The molecule has 0 bridgehead atoms. The topological polar surface area (TPSA) is 64.0 Å². The molecule has 0 fully saturated rings. The van der Waals surface area contributed by atoms with Crippen LogP contribution in [0.4, 0.5) is 4.39 Å². The summed E-state index contributed by atoms with van der Waals surface area (Å²) < 4.78 is 15.5. The van der Waals surface area contributed by atoms with E-state index in [1.54, 1.807) is 36.5 Å². The molecule has 4 aromatic rings. The Hall–Kier alpha value is -3.80. The normalized spacial score (nSPS) is 10.9. The molecule has 0 saturated carbocycles. The highest BCUT2D eigenvalue weighted by Crippen LogP contribution is 2.15. The molecule has 4 rings (SSSR count). The number of hydrogen-bond donors (Lipinski definition) is 1. The zero-order chi connectivity index (χ0) is 21.1. The van der Waals surface area contributed by atoms with Crippen molar-refractivity contribution < 1.29 is 9.18 Å². The second-order valence-corrected chi connectivity index (χ2v) is 7.13. The van der Waals surface area contributed by atoms with Crippen molar-refractivity contribution in [1.82, 2.24) is 14.9 Å². The fourth-order valence-electron chi connectivity index (χ4n) is 3.30. The molecule has 0 radical (unpaired) electrons. The van der Waals surface area contributed by atoms with Gasteiger partial charge in [-0.3, -0.25) is 14.2 Å². The van der Waals surface area contributed by atoms with Crippen LogP contribution in [0.1, 0.15) is 27.0 Å². The van der Waals surface area contributed by atoms with Gasteiger partial charge in [0, 0.05) is 23.7 Å². The second-order valence-electron chi connectivity index (χ2n) is 7.13. The number of fused-ring (bicyclic) bond motifs is 1. The lowest BCUT2D eigenvalue weighted by atomic mass is 10.1. The van der Waals surface area contributed by atoms with Crippen LogP contribution in [-0.4, -0.2) is 15.5 Å². The Kier molecular flexibility index (Phi) is 5.39. The third kappa shape index (κ3) is 3.98. The number of nitrogens with one attached hydrogen (secondary N) is 1. The highest BCUT2D eigenvalue weighted by molar-refractivity contribution is 5.96. The van der Waals surface area contributed by atoms with E-state index >= 15 is 0 Å². The van der Waals surface area contributed by atoms with Gasteiger partial charge in [-0.2, -0.15) is 0 Å². The lowest BCUT2D eigenvalue weighted by Gasteiger charge is -2.13. The van der Waals surface area contributed by atoms with Crippen LogP contribution in [0.25, 0.3) is 11.0 Å². The van der Waals surface area contributed by atoms with E-state index in [1.165, 1.54) is 16.7 Å². The Morgan fingerprint density at radius 3 is 2.60 bits per heavy atom. The number of carbonyl (C=O) groups is 1. The number of amides is 1. The third-order valence-electron chi connectivity index (χ3n) is 4.95. The minimum Gasteiger partial charge on any atom is -0.348 e. The number of hydrogen-bond acceptors (Lipinski definition) is 3. The molecule has 0 unspecified atom stereocenters. The van der Waals surface area contributed by atoms with Crippen LogP contribution in [0, 0.1) is 12.7 Å². The molecular weight excluding hydrogens is 381 g/mol. The highest BCUT2D eigenvalue weighted by atomic mass is 19.1. The van der Waals surface area contributed by atoms with E-state index in [1.807, 2.05) is 31.2 Å². The first-order valence-corrected chi connectivity index (χ1v) is 9.58. The van der Waals surface area contributed by atoms with Crippen LogP contribution in [0.2, 0.25) is 0 Å². The number of halogens is 1. The van der Waals surface area contributed by atoms with Gasteiger partial charge in [-0.15, -0.1) is 0 Å². The van der Waals surface area contributed by atoms with Crippen LogP contribution in [0.3, 0.4) is 0 Å². The Labute approximate surface area is 172 Å². The van der Waals surface area contributed by atoms with Crippen LogP contribution in [-0.2, 0) is 13.1 Å². The molecule has 0 aliphatic heterocycles. The monoisotopic (exact) mass is 401 g/mol. The maximum absolute atomic E-state index is 14.2. The second kappa shape index (κ2) is 8.29. The van der Waals surface area contributed by atoms with Crippen molar-refractivity contribution in [3.8, 4) is 0 Å². The predicted molar refractivity (Wildman–Crippen MR) is 114 cm³/mol. The molecule has 1 amide bonds. The average molecular weight is 401 g/mol. The lowest BCUT2D eigenvalue weighted by Crippen LogP contribution is -2.33. The van der Waals surface area contributed by atoms with Crippen molar-refractivity contribution in [3.05, 3.63) is 111 Å². The van der Waals surface area contributed by atoms with E-state index in [-0.39, 0.29) is 12.1 Å². The van der Waals surface area contributed by atoms with Crippen molar-refractivity contribution in [2.45, 2.75) is 20.0 Å². The van der Waals surface area contributed by atoms with Gasteiger partial charge in [0.2, 0.25) is 0 Å². The molecule has 2 heterocycles. The summed E-state index contributed by atoms with van der Waals surface area (Å²) in [6, 6.07) is 19.1. The summed E-state index contributed by atoms with van der Waals surface area (Å²) in [5, 5.41) is 3.43. The molecule has 0 atom stereocenters. The van der Waals surface area contributed by atoms with Crippen LogP contribution < -0.4 is 10.9 Å². The van der Waals surface area contributed by atoms with Gasteiger partial charge in [0.05, 0.1) is 6.54 Å². The Balaban J connectivity index is 1.70. The fraction of sp³-hybridized carbons (Fsp3) is 0.125.